The molecule has 0 fully saturated rings. The van der Waals surface area contributed by atoms with Crippen LogP contribution < -0.4 is 5.32 Å². The van der Waals surface area contributed by atoms with E-state index in [-0.39, 0.29) is 12.5 Å². The van der Waals surface area contributed by atoms with Crippen LogP contribution in [0.3, 0.4) is 0 Å². The van der Waals surface area contributed by atoms with Gasteiger partial charge in [0.25, 0.3) is 5.91 Å². The van der Waals surface area contributed by atoms with Gasteiger partial charge in [-0.1, -0.05) is 25.1 Å². The lowest BCUT2D eigenvalue weighted by Gasteiger charge is -2.21. The molecule has 0 bridgehead atoms. The molecule has 2 aromatic rings. The van der Waals surface area contributed by atoms with Crippen LogP contribution in [0.25, 0.3) is 6.08 Å². The Morgan fingerprint density at radius 3 is 2.62 bits per heavy atom. The minimum absolute atomic E-state index is 0.116. The van der Waals surface area contributed by atoms with Crippen LogP contribution in [-0.2, 0) is 19.1 Å². The van der Waals surface area contributed by atoms with E-state index >= 15 is 0 Å². The van der Waals surface area contributed by atoms with Crippen LogP contribution in [0, 0.1) is 6.92 Å². The molecule has 2 rings (SSSR count). The quantitative estimate of drug-likeness (QED) is 0.452. The molecule has 0 aliphatic carbocycles. The van der Waals surface area contributed by atoms with Gasteiger partial charge in [-0.15, -0.1) is 0 Å². The van der Waals surface area contributed by atoms with Crippen LogP contribution in [0.1, 0.15) is 24.7 Å². The van der Waals surface area contributed by atoms with E-state index in [9.17, 15) is 14.4 Å². The molecule has 0 unspecified atom stereocenters. The molecule has 1 N–H and O–H groups in total. The summed E-state index contributed by atoms with van der Waals surface area (Å²) in [6.45, 7) is 3.61. The van der Waals surface area contributed by atoms with E-state index in [1.54, 1.807) is 18.2 Å². The number of nitrogens with one attached hydrogen (secondary N) is 1. The minimum Gasteiger partial charge on any atom is -0.452 e. The molecule has 0 aliphatic rings. The number of benzene rings is 1. The Morgan fingerprint density at radius 1 is 1.21 bits per heavy atom. The molecule has 0 saturated carbocycles. The maximum atomic E-state index is 12.4. The highest BCUT2D eigenvalue weighted by Gasteiger charge is 2.18. The molecule has 8 heteroatoms. The first-order valence-electron chi connectivity index (χ1n) is 9.12. The van der Waals surface area contributed by atoms with Crippen LogP contribution in [0.2, 0.25) is 0 Å². The van der Waals surface area contributed by atoms with Crippen LogP contribution in [-0.4, -0.2) is 42.4 Å². The topological polar surface area (TPSA) is 88.9 Å². The number of carbonyl (C=O) groups is 3. The smallest absolute Gasteiger partial charge is 0.331 e. The molecule has 0 atom stereocenters. The van der Waals surface area contributed by atoms with Gasteiger partial charge in [-0.2, -0.15) is 0 Å². The largest absolute Gasteiger partial charge is 0.452 e. The minimum atomic E-state index is -0.674. The number of esters is 1. The van der Waals surface area contributed by atoms with Crippen LogP contribution in [0.5, 0.6) is 0 Å². The number of rotatable bonds is 9. The van der Waals surface area contributed by atoms with Gasteiger partial charge in [0.1, 0.15) is 5.76 Å². The van der Waals surface area contributed by atoms with Crippen molar-refractivity contribution in [2.45, 2.75) is 20.3 Å². The highest BCUT2D eigenvalue weighted by Crippen LogP contribution is 2.15. The second kappa shape index (κ2) is 11.2. The van der Waals surface area contributed by atoms with Gasteiger partial charge in [-0.25, -0.2) is 4.79 Å². The molecule has 7 nitrogen and oxygen atoms in total. The summed E-state index contributed by atoms with van der Waals surface area (Å²) < 4.78 is 10.8. The number of ether oxygens (including phenoxy) is 1. The lowest BCUT2D eigenvalue weighted by molar-refractivity contribution is -0.148. The Balaban J connectivity index is 1.86. The first-order chi connectivity index (χ1) is 13.9. The van der Waals surface area contributed by atoms with E-state index in [1.807, 2.05) is 32.0 Å². The van der Waals surface area contributed by atoms with Crippen molar-refractivity contribution in [1.29, 1.82) is 0 Å². The molecular formula is C21H23BrN2O5. The zero-order chi connectivity index (χ0) is 21.2. The second-order valence-corrected chi connectivity index (χ2v) is 7.04. The van der Waals surface area contributed by atoms with Crippen molar-refractivity contribution in [3.63, 3.8) is 0 Å². The summed E-state index contributed by atoms with van der Waals surface area (Å²) in [6, 6.07) is 10.8. The molecule has 0 saturated heterocycles. The van der Waals surface area contributed by atoms with Gasteiger partial charge in [-0.05, 0) is 59.1 Å². The maximum Gasteiger partial charge on any atom is 0.331 e. The van der Waals surface area contributed by atoms with E-state index < -0.39 is 18.5 Å². The fourth-order valence-electron chi connectivity index (χ4n) is 2.48. The van der Waals surface area contributed by atoms with Crippen molar-refractivity contribution in [3.05, 3.63) is 58.5 Å². The van der Waals surface area contributed by atoms with Gasteiger partial charge in [-0.3, -0.25) is 9.59 Å². The zero-order valence-corrected chi connectivity index (χ0v) is 17.9. The lowest BCUT2D eigenvalue weighted by atomic mass is 10.2. The third-order valence-electron chi connectivity index (χ3n) is 3.92. The molecule has 0 aliphatic heterocycles. The molecule has 0 spiro atoms. The molecular weight excluding hydrogens is 440 g/mol. The molecule has 1 aromatic heterocycles. The number of furan rings is 1. The number of carbonyl (C=O) groups excluding carboxylic acids is 3. The van der Waals surface area contributed by atoms with E-state index in [0.717, 1.165) is 5.56 Å². The predicted octanol–water partition coefficient (Wildman–Crippen LogP) is 3.78. The Labute approximate surface area is 177 Å². The van der Waals surface area contributed by atoms with Gasteiger partial charge in [0, 0.05) is 18.3 Å². The van der Waals surface area contributed by atoms with Gasteiger partial charge in [0.05, 0.1) is 6.54 Å². The van der Waals surface area contributed by atoms with Crippen LogP contribution in [0.4, 0.5) is 5.69 Å². The van der Waals surface area contributed by atoms with Crippen molar-refractivity contribution >= 4 is 45.5 Å². The Hall–Kier alpha value is -2.87. The molecule has 29 heavy (non-hydrogen) atoms. The summed E-state index contributed by atoms with van der Waals surface area (Å²) in [6.07, 6.45) is 3.29. The monoisotopic (exact) mass is 462 g/mol. The molecule has 0 radical (unpaired) electrons. The van der Waals surface area contributed by atoms with E-state index in [1.165, 1.54) is 17.1 Å². The molecule has 1 heterocycles. The van der Waals surface area contributed by atoms with E-state index in [4.69, 9.17) is 9.15 Å². The SMILES string of the molecule is CCCN(CC(=O)Nc1ccccc1C)C(=O)COC(=O)/C=C/c1ccc(Br)o1. The standard InChI is InChI=1S/C21H23BrN2O5/c1-3-12-24(13-19(25)23-17-7-5-4-6-15(17)2)20(26)14-28-21(27)11-9-16-8-10-18(22)29-16/h4-11H,3,12-14H2,1-2H3,(H,23,25)/b11-9+. The van der Waals surface area contributed by atoms with Gasteiger partial charge in [0.2, 0.25) is 5.91 Å². The van der Waals surface area contributed by atoms with Crippen molar-refractivity contribution in [3.8, 4) is 0 Å². The Bertz CT molecular complexity index is 891. The normalized spacial score (nSPS) is 10.7. The number of amides is 2. The average molecular weight is 463 g/mol. The summed E-state index contributed by atoms with van der Waals surface area (Å²) in [5, 5.41) is 2.79. The highest BCUT2D eigenvalue weighted by molar-refractivity contribution is 9.10. The summed E-state index contributed by atoms with van der Waals surface area (Å²) >= 11 is 3.16. The third-order valence-corrected chi connectivity index (χ3v) is 4.34. The van der Waals surface area contributed by atoms with Gasteiger partial charge in [0.15, 0.2) is 11.3 Å². The van der Waals surface area contributed by atoms with Crippen molar-refractivity contribution in [1.82, 2.24) is 4.90 Å². The Kier molecular flexibility index (Phi) is 8.67. The van der Waals surface area contributed by atoms with Crippen LogP contribution in [0.15, 0.2) is 51.6 Å². The van der Waals surface area contributed by atoms with Crippen molar-refractivity contribution < 1.29 is 23.5 Å². The molecule has 2 amide bonds. The van der Waals surface area contributed by atoms with Crippen LogP contribution >= 0.6 is 15.9 Å². The summed E-state index contributed by atoms with van der Waals surface area (Å²) in [5.41, 5.74) is 1.63. The van der Waals surface area contributed by atoms with E-state index in [0.29, 0.717) is 29.1 Å². The highest BCUT2D eigenvalue weighted by atomic mass is 79.9. The fraction of sp³-hybridized carbons (Fsp3) is 0.286. The van der Waals surface area contributed by atoms with E-state index in [2.05, 4.69) is 21.2 Å². The number of hydrogen-bond acceptors (Lipinski definition) is 5. The fourth-order valence-corrected chi connectivity index (χ4v) is 2.80. The van der Waals surface area contributed by atoms with Gasteiger partial charge < -0.3 is 19.4 Å². The second-order valence-electron chi connectivity index (χ2n) is 6.26. The number of halogens is 1. The number of anilines is 1. The summed E-state index contributed by atoms with van der Waals surface area (Å²) in [5.74, 6) is -0.947. The lowest BCUT2D eigenvalue weighted by Crippen LogP contribution is -2.40. The molecule has 1 aromatic carbocycles. The first kappa shape index (κ1) is 22.4. The van der Waals surface area contributed by atoms with Gasteiger partial charge >= 0.3 is 5.97 Å². The maximum absolute atomic E-state index is 12.4. The Morgan fingerprint density at radius 2 is 1.97 bits per heavy atom. The number of aryl methyl sites for hydroxylation is 1. The predicted molar refractivity (Wildman–Crippen MR) is 113 cm³/mol. The summed E-state index contributed by atoms with van der Waals surface area (Å²) in [4.78, 5) is 37.9. The summed E-state index contributed by atoms with van der Waals surface area (Å²) in [7, 11) is 0. The average Bonchev–Trinajstić information content (AvgIpc) is 3.11. The van der Waals surface area contributed by atoms with Crippen molar-refractivity contribution in [2.24, 2.45) is 0 Å². The zero-order valence-electron chi connectivity index (χ0n) is 16.3. The number of nitrogens with zero attached hydrogens (tertiary/aromatic N) is 1. The number of hydrogen-bond donors (Lipinski definition) is 1. The van der Waals surface area contributed by atoms with Crippen molar-refractivity contribution in [2.75, 3.05) is 25.0 Å². The number of para-hydroxylation sites is 1. The third kappa shape index (κ3) is 7.57. The first-order valence-corrected chi connectivity index (χ1v) is 9.91. The molecule has 154 valence electrons.